The molecule has 0 aromatic carbocycles. The van der Waals surface area contributed by atoms with Crippen molar-refractivity contribution >= 4 is 16.5 Å². The highest BCUT2D eigenvalue weighted by molar-refractivity contribution is 7.15. The van der Waals surface area contributed by atoms with Gasteiger partial charge in [-0.15, -0.1) is 11.3 Å². The number of thiazole rings is 1. The summed E-state index contributed by atoms with van der Waals surface area (Å²) < 4.78 is 5.04. The molecule has 1 rings (SSSR count). The Morgan fingerprint density at radius 3 is 2.72 bits per heavy atom. The lowest BCUT2D eigenvalue weighted by molar-refractivity contribution is 0.199. The molecule has 1 heterocycles. The first kappa shape index (κ1) is 15.4. The molecule has 0 unspecified atom stereocenters. The first-order valence-corrected chi connectivity index (χ1v) is 7.32. The van der Waals surface area contributed by atoms with Gasteiger partial charge in [-0.25, -0.2) is 4.98 Å². The van der Waals surface area contributed by atoms with Crippen molar-refractivity contribution in [2.45, 2.75) is 33.2 Å². The van der Waals surface area contributed by atoms with Crippen LogP contribution in [0.25, 0.3) is 0 Å². The lowest BCUT2D eigenvalue weighted by Crippen LogP contribution is -2.18. The minimum Gasteiger partial charge on any atom is -0.383 e. The van der Waals surface area contributed by atoms with E-state index < -0.39 is 0 Å². The van der Waals surface area contributed by atoms with Crippen LogP contribution in [0.3, 0.4) is 0 Å². The molecule has 0 fully saturated rings. The van der Waals surface area contributed by atoms with E-state index in [0.29, 0.717) is 5.92 Å². The van der Waals surface area contributed by atoms with Crippen molar-refractivity contribution in [2.24, 2.45) is 0 Å². The second-order valence-electron chi connectivity index (χ2n) is 4.64. The maximum Gasteiger partial charge on any atom is 0.185 e. The van der Waals surface area contributed by atoms with Gasteiger partial charge in [-0.1, -0.05) is 13.8 Å². The number of aromatic nitrogens is 1. The van der Waals surface area contributed by atoms with Gasteiger partial charge in [-0.3, -0.25) is 0 Å². The number of hydrogen-bond donors (Lipinski definition) is 1. The monoisotopic (exact) mass is 271 g/mol. The molecule has 1 N–H and O–H groups in total. The quantitative estimate of drug-likeness (QED) is 0.737. The Morgan fingerprint density at radius 2 is 2.17 bits per heavy atom. The van der Waals surface area contributed by atoms with Gasteiger partial charge in [-0.05, 0) is 12.8 Å². The molecule has 5 heteroatoms. The predicted octanol–water partition coefficient (Wildman–Crippen LogP) is 2.46. The van der Waals surface area contributed by atoms with Crippen molar-refractivity contribution in [3.8, 4) is 0 Å². The van der Waals surface area contributed by atoms with Gasteiger partial charge in [0.05, 0.1) is 12.3 Å². The number of rotatable bonds is 8. The molecule has 0 spiro atoms. The summed E-state index contributed by atoms with van der Waals surface area (Å²) >= 11 is 1.79. The maximum atomic E-state index is 5.04. The Hall–Kier alpha value is -0.650. The third kappa shape index (κ3) is 4.23. The lowest BCUT2D eigenvalue weighted by Gasteiger charge is -2.11. The highest BCUT2D eigenvalue weighted by atomic mass is 32.1. The fraction of sp³-hybridized carbons (Fsp3) is 0.769. The summed E-state index contributed by atoms with van der Waals surface area (Å²) in [4.78, 5) is 8.29. The highest BCUT2D eigenvalue weighted by Gasteiger charge is 2.15. The van der Waals surface area contributed by atoms with Crippen LogP contribution in [0.2, 0.25) is 0 Å². The summed E-state index contributed by atoms with van der Waals surface area (Å²) in [5.74, 6) is 0.472. The molecule has 0 saturated heterocycles. The van der Waals surface area contributed by atoms with Crippen molar-refractivity contribution < 1.29 is 4.74 Å². The normalized spacial score (nSPS) is 11.2. The van der Waals surface area contributed by atoms with E-state index in [-0.39, 0.29) is 0 Å². The van der Waals surface area contributed by atoms with E-state index in [9.17, 15) is 0 Å². The molecule has 104 valence electrons. The summed E-state index contributed by atoms with van der Waals surface area (Å²) in [5, 5.41) is 4.51. The minimum absolute atomic E-state index is 0.472. The third-order valence-electron chi connectivity index (χ3n) is 2.83. The largest absolute Gasteiger partial charge is 0.383 e. The van der Waals surface area contributed by atoms with Crippen LogP contribution in [-0.2, 0) is 11.3 Å². The van der Waals surface area contributed by atoms with Crippen LogP contribution >= 0.6 is 11.3 Å². The minimum atomic E-state index is 0.472. The molecule has 0 amide bonds. The van der Waals surface area contributed by atoms with Crippen LogP contribution in [0.4, 0.5) is 5.13 Å². The van der Waals surface area contributed by atoms with Crippen LogP contribution < -0.4 is 10.2 Å². The van der Waals surface area contributed by atoms with Crippen LogP contribution in [0, 0.1) is 0 Å². The van der Waals surface area contributed by atoms with E-state index in [1.54, 1.807) is 18.4 Å². The predicted molar refractivity (Wildman–Crippen MR) is 78.7 cm³/mol. The van der Waals surface area contributed by atoms with Crippen molar-refractivity contribution in [2.75, 3.05) is 38.8 Å². The zero-order valence-corrected chi connectivity index (χ0v) is 12.9. The van der Waals surface area contributed by atoms with Gasteiger partial charge in [0.25, 0.3) is 0 Å². The fourth-order valence-corrected chi connectivity index (χ4v) is 2.81. The van der Waals surface area contributed by atoms with Crippen LogP contribution in [0.15, 0.2) is 0 Å². The second kappa shape index (κ2) is 7.71. The Bertz CT molecular complexity index is 352. The van der Waals surface area contributed by atoms with Crippen LogP contribution in [0.1, 0.15) is 37.3 Å². The second-order valence-corrected chi connectivity index (χ2v) is 5.71. The zero-order valence-electron chi connectivity index (χ0n) is 12.1. The number of ether oxygens (including phenoxy) is 1. The summed E-state index contributed by atoms with van der Waals surface area (Å²) in [6.07, 6.45) is 0. The smallest absolute Gasteiger partial charge is 0.185 e. The number of nitrogens with zero attached hydrogens (tertiary/aromatic N) is 2. The van der Waals surface area contributed by atoms with Crippen LogP contribution in [0.5, 0.6) is 0 Å². The van der Waals surface area contributed by atoms with Gasteiger partial charge in [0.1, 0.15) is 0 Å². The topological polar surface area (TPSA) is 37.4 Å². The van der Waals surface area contributed by atoms with Crippen LogP contribution in [-0.4, -0.2) is 38.8 Å². The Labute approximate surface area is 114 Å². The van der Waals surface area contributed by atoms with E-state index >= 15 is 0 Å². The molecule has 0 aliphatic rings. The van der Waals surface area contributed by atoms with Gasteiger partial charge in [0.2, 0.25) is 0 Å². The summed E-state index contributed by atoms with van der Waals surface area (Å²) in [7, 11) is 3.81. The third-order valence-corrected chi connectivity index (χ3v) is 4.02. The van der Waals surface area contributed by atoms with Gasteiger partial charge in [0, 0.05) is 38.7 Å². The number of methoxy groups -OCH3 is 1. The Morgan fingerprint density at radius 1 is 1.44 bits per heavy atom. The number of hydrogen-bond acceptors (Lipinski definition) is 5. The highest BCUT2D eigenvalue weighted by Crippen LogP contribution is 2.30. The van der Waals surface area contributed by atoms with Gasteiger partial charge < -0.3 is 15.0 Å². The summed E-state index contributed by atoms with van der Waals surface area (Å²) in [5.41, 5.74) is 1.22. The molecule has 4 nitrogen and oxygen atoms in total. The van der Waals surface area contributed by atoms with E-state index in [1.165, 1.54) is 10.6 Å². The molecule has 0 aliphatic carbocycles. The number of nitrogens with one attached hydrogen (secondary N) is 1. The van der Waals surface area contributed by atoms with E-state index in [2.05, 4.69) is 38.0 Å². The number of anilines is 1. The first-order valence-electron chi connectivity index (χ1n) is 6.50. The molecule has 0 atom stereocenters. The summed E-state index contributed by atoms with van der Waals surface area (Å²) in [6, 6.07) is 0. The van der Waals surface area contributed by atoms with E-state index in [1.807, 2.05) is 0 Å². The SMILES string of the molecule is CCN(C)c1nc(C(C)C)c(CNCCOC)s1. The summed E-state index contributed by atoms with van der Waals surface area (Å²) in [6.45, 7) is 10.0. The van der Waals surface area contributed by atoms with E-state index in [0.717, 1.165) is 31.4 Å². The average molecular weight is 271 g/mol. The molecular weight excluding hydrogens is 246 g/mol. The lowest BCUT2D eigenvalue weighted by atomic mass is 10.1. The van der Waals surface area contributed by atoms with Crippen molar-refractivity contribution in [1.29, 1.82) is 0 Å². The van der Waals surface area contributed by atoms with Crippen molar-refractivity contribution in [3.63, 3.8) is 0 Å². The van der Waals surface area contributed by atoms with Crippen molar-refractivity contribution in [1.82, 2.24) is 10.3 Å². The van der Waals surface area contributed by atoms with Gasteiger partial charge in [-0.2, -0.15) is 0 Å². The maximum absolute atomic E-state index is 5.04. The molecular formula is C13H25N3OS. The van der Waals surface area contributed by atoms with E-state index in [4.69, 9.17) is 9.72 Å². The fourth-order valence-electron chi connectivity index (χ4n) is 1.60. The Balaban J connectivity index is 2.71. The van der Waals surface area contributed by atoms with Gasteiger partial charge in [0.15, 0.2) is 5.13 Å². The average Bonchev–Trinajstić information content (AvgIpc) is 2.78. The molecule has 0 bridgehead atoms. The standard InChI is InChI=1S/C13H25N3OS/c1-6-16(4)13-15-12(10(2)3)11(18-13)9-14-7-8-17-5/h10,14H,6-9H2,1-5H3. The first-order chi connectivity index (χ1) is 8.60. The molecule has 18 heavy (non-hydrogen) atoms. The molecule has 0 radical (unpaired) electrons. The molecule has 1 aromatic heterocycles. The van der Waals surface area contributed by atoms with Gasteiger partial charge >= 0.3 is 0 Å². The zero-order chi connectivity index (χ0) is 13.5. The molecule has 0 aliphatic heterocycles. The van der Waals surface area contributed by atoms with Crippen molar-refractivity contribution in [3.05, 3.63) is 10.6 Å². The molecule has 1 aromatic rings. The molecule has 0 saturated carbocycles. The Kier molecular flexibility index (Phi) is 6.60.